The molecule has 14 nitrogen and oxygen atoms in total. The van der Waals surface area contributed by atoms with E-state index in [1.807, 2.05) is 96.9 Å². The highest BCUT2D eigenvalue weighted by Crippen LogP contribution is 2.73. The number of ether oxygens (including phenoxy) is 7. The third kappa shape index (κ3) is 24.0. The molecule has 0 heterocycles. The molecule has 0 spiro atoms. The number of fused-ring (bicyclic) bond motifs is 1. The number of rotatable bonds is 31. The Morgan fingerprint density at radius 3 is 0.897 bits per heavy atom. The highest BCUT2D eigenvalue weighted by Gasteiger charge is 2.69. The van der Waals surface area contributed by atoms with Crippen LogP contribution < -0.4 is 0 Å². The molecule has 26 aliphatic carbocycles. The summed E-state index contributed by atoms with van der Waals surface area (Å²) in [5.41, 5.74) is -3.14. The van der Waals surface area contributed by atoms with Gasteiger partial charge in [0.25, 0.3) is 0 Å². The Bertz CT molecular complexity index is 4230. The smallest absolute Gasteiger partial charge is 0.312 e. The molecule has 0 radical (unpaired) electrons. The highest BCUT2D eigenvalue weighted by molar-refractivity contribution is 5.79. The first-order valence-corrected chi connectivity index (χ1v) is 62.3. The summed E-state index contributed by atoms with van der Waals surface area (Å²) in [6.07, 6.45) is 65.9. The molecule has 26 rings (SSSR count). The van der Waals surface area contributed by atoms with Gasteiger partial charge in [0.1, 0.15) is 39.2 Å². The first-order valence-electron chi connectivity index (χ1n) is 62.3. The number of hydrogen-bond acceptors (Lipinski definition) is 14. The van der Waals surface area contributed by atoms with Gasteiger partial charge in [-0.2, -0.15) is 0 Å². The molecule has 24 bridgehead atoms. The standard InChI is InChI=1S/C22H38O2.C20H34O2.C19H32O2.2C18H30O2.C17H28O2.C17H30O2/c1-6-8-9-21(5,24-19(23)20(3,4)7-2)22-13-16-10-17(14-22)12-18(11-16)15-22;1-5-7-8-20(22-18(21)19(3,4)6-2)16-10-14-9-15(12-16)13-17(20)11-14;1-6-17(2,3)16(20)21-18(4,5)19-10-13-7-14(11-19)9-15(8-13)12-19;1-6-16(2,3)15(19)20-17(4,5)18-10-12-7-13(11-18)9-14(18)8-12;1-5-17(3,4)16(19)20-18(6-2)14-8-12-7-13(10-14)11-15(18)9-12;1-5-16(2,3)15(18)19-17(4)13-7-11-6-12(9-13)10-14(17)8-11;1-5-16(2,3)15(18)19-17(4)11-10-13-8-6-7-9-14(13)12-17/h16-18H,6-15H2,1-5H3;14-17H,5-13H2,1-4H3;13-15H,6-12H2,1-5H3;12-14H,6-11H2,1-5H3;12-15H,5-11H2,1-4H3;11-14H,5-10H2,1-4H3;13-14H,5-12H2,1-4H3. The van der Waals surface area contributed by atoms with E-state index in [1.54, 1.807) is 0 Å². The largest absolute Gasteiger partial charge is 0.459 e. The lowest BCUT2D eigenvalue weighted by molar-refractivity contribution is -0.220. The Morgan fingerprint density at radius 1 is 0.262 bits per heavy atom. The molecule has 6 atom stereocenters. The van der Waals surface area contributed by atoms with E-state index in [0.29, 0.717) is 35.5 Å². The van der Waals surface area contributed by atoms with Crippen molar-refractivity contribution in [1.29, 1.82) is 0 Å². The Labute approximate surface area is 887 Å². The van der Waals surface area contributed by atoms with Crippen LogP contribution in [-0.2, 0) is 66.7 Å². The minimum atomic E-state index is -0.365. The van der Waals surface area contributed by atoms with Gasteiger partial charge in [-0.25, -0.2) is 0 Å². The van der Waals surface area contributed by atoms with Crippen LogP contribution in [0.3, 0.4) is 0 Å². The van der Waals surface area contributed by atoms with Crippen molar-refractivity contribution in [2.45, 2.75) is 594 Å². The fourth-order valence-corrected chi connectivity index (χ4v) is 36.3. The monoisotopic (exact) mass is 2020 g/mol. The van der Waals surface area contributed by atoms with Gasteiger partial charge in [-0.05, 0) is 583 Å². The maximum absolute atomic E-state index is 12.9. The summed E-state index contributed by atoms with van der Waals surface area (Å²) in [4.78, 5) is 88.3. The number of carbonyl (C=O) groups excluding carboxylic acids is 7. The van der Waals surface area contributed by atoms with Crippen molar-refractivity contribution in [1.82, 2.24) is 0 Å². The molecule has 26 aliphatic rings. The van der Waals surface area contributed by atoms with Gasteiger partial charge in [-0.3, -0.25) is 33.6 Å². The van der Waals surface area contributed by atoms with E-state index in [-0.39, 0.29) is 135 Å². The Balaban J connectivity index is 0.000000134. The second-order valence-corrected chi connectivity index (χ2v) is 61.3. The van der Waals surface area contributed by atoms with Crippen molar-refractivity contribution in [3.8, 4) is 0 Å². The molecule has 830 valence electrons. The van der Waals surface area contributed by atoms with Gasteiger partial charge in [0.2, 0.25) is 0 Å². The van der Waals surface area contributed by atoms with Crippen molar-refractivity contribution < 1.29 is 66.7 Å². The summed E-state index contributed by atoms with van der Waals surface area (Å²) in [5.74, 6) is 19.2. The SMILES string of the molecule is CCC(C)(C)C(=O)OC(C)(C)C12CC3CC(CC(C3)C1)C2.CCC(C)(C)C(=O)OC(C)(C)C12CC3CC(CC1C3)C2.CCC(C)(C)C(=O)OC1(C)C2CC3CC(C2)CC1C3.CCC(C)(C)C(=O)OC1(C)CCC2CCCCC2C1.CCC(C)(C)C(=O)OC1(CC)C2CC3CC(C2)CC1C3.CCCCC(C)(OC(=O)C(C)(C)CC)C12CC3CC(CC(C3)C1)C2.CCCCC1(OC(=O)C(C)(C)CC)C2CC3CC(C2)CC1C3. The summed E-state index contributed by atoms with van der Waals surface area (Å²) in [5, 5.41) is 0. The maximum atomic E-state index is 12.9. The van der Waals surface area contributed by atoms with Crippen molar-refractivity contribution in [3.05, 3.63) is 0 Å². The first kappa shape index (κ1) is 117. The van der Waals surface area contributed by atoms with Crippen molar-refractivity contribution in [2.75, 3.05) is 0 Å². The fourth-order valence-electron chi connectivity index (χ4n) is 36.3. The Morgan fingerprint density at radius 2 is 0.545 bits per heavy atom. The van der Waals surface area contributed by atoms with Crippen LogP contribution in [0.4, 0.5) is 0 Å². The van der Waals surface area contributed by atoms with E-state index in [0.717, 1.165) is 184 Å². The van der Waals surface area contributed by atoms with Crippen LogP contribution in [0.1, 0.15) is 555 Å². The molecule has 14 heteroatoms. The normalized spacial score (nSPS) is 39.6. The summed E-state index contributed by atoms with van der Waals surface area (Å²) < 4.78 is 43.5. The predicted molar refractivity (Wildman–Crippen MR) is 587 cm³/mol. The maximum Gasteiger partial charge on any atom is 0.312 e. The van der Waals surface area contributed by atoms with Gasteiger partial charge < -0.3 is 33.2 Å². The van der Waals surface area contributed by atoms with E-state index in [1.165, 1.54) is 257 Å². The summed E-state index contributed by atoms with van der Waals surface area (Å²) in [6, 6.07) is 0. The quantitative estimate of drug-likeness (QED) is 0.0472. The van der Waals surface area contributed by atoms with E-state index < -0.39 is 0 Å². The summed E-state index contributed by atoms with van der Waals surface area (Å²) in [6.45, 7) is 64.9. The number of hydrogen-bond donors (Lipinski definition) is 0. The van der Waals surface area contributed by atoms with Crippen LogP contribution in [0.2, 0.25) is 0 Å². The van der Waals surface area contributed by atoms with E-state index in [9.17, 15) is 33.6 Å². The molecule has 26 fully saturated rings. The van der Waals surface area contributed by atoms with Crippen molar-refractivity contribution >= 4 is 41.8 Å². The molecule has 6 unspecified atom stereocenters. The molecule has 145 heavy (non-hydrogen) atoms. The van der Waals surface area contributed by atoms with Gasteiger partial charge in [0, 0.05) is 16.2 Å². The van der Waals surface area contributed by atoms with Crippen LogP contribution >= 0.6 is 0 Å². The van der Waals surface area contributed by atoms with E-state index >= 15 is 0 Å². The summed E-state index contributed by atoms with van der Waals surface area (Å²) in [7, 11) is 0. The number of esters is 7. The second-order valence-electron chi connectivity index (χ2n) is 61.3. The zero-order chi connectivity index (χ0) is 106. The van der Waals surface area contributed by atoms with Crippen LogP contribution in [0.15, 0.2) is 0 Å². The van der Waals surface area contributed by atoms with E-state index in [2.05, 4.69) is 118 Å². The number of unbranched alkanes of at least 4 members (excludes halogenated alkanes) is 2. The Kier molecular flexibility index (Phi) is 35.6. The van der Waals surface area contributed by atoms with Crippen LogP contribution in [0.25, 0.3) is 0 Å². The zero-order valence-electron chi connectivity index (χ0n) is 99.5. The lowest BCUT2D eigenvalue weighted by Crippen LogP contribution is -2.60. The van der Waals surface area contributed by atoms with Gasteiger partial charge >= 0.3 is 41.8 Å². The molecule has 0 aliphatic heterocycles. The first-order chi connectivity index (χ1) is 67.6. The molecule has 26 saturated carbocycles. The Hall–Kier alpha value is -3.71. The third-order valence-electron chi connectivity index (χ3n) is 48.0. The van der Waals surface area contributed by atoms with Gasteiger partial charge in [-0.1, -0.05) is 108 Å². The second kappa shape index (κ2) is 44.2. The van der Waals surface area contributed by atoms with Crippen LogP contribution in [-0.4, -0.2) is 81.0 Å². The minimum Gasteiger partial charge on any atom is -0.459 e. The molecule has 0 N–H and O–H groups in total. The van der Waals surface area contributed by atoms with E-state index in [4.69, 9.17) is 33.2 Å². The van der Waals surface area contributed by atoms with Crippen LogP contribution in [0, 0.1) is 190 Å². The average molecular weight is 2020 g/mol. The molecular weight excluding hydrogens is 1800 g/mol. The summed E-state index contributed by atoms with van der Waals surface area (Å²) >= 11 is 0. The molecule has 0 amide bonds. The predicted octanol–water partition coefficient (Wildman–Crippen LogP) is 34.5. The lowest BCUT2D eigenvalue weighted by atomic mass is 9.45. The van der Waals surface area contributed by atoms with Crippen molar-refractivity contribution in [2.24, 2.45) is 190 Å². The van der Waals surface area contributed by atoms with Crippen LogP contribution in [0.5, 0.6) is 0 Å². The lowest BCUT2D eigenvalue weighted by Gasteiger charge is -2.62. The van der Waals surface area contributed by atoms with Gasteiger partial charge in [-0.15, -0.1) is 0 Å². The minimum absolute atomic E-state index is 0.00763. The average Bonchev–Trinajstić information content (AvgIpc) is 1.45. The van der Waals surface area contributed by atoms with Crippen molar-refractivity contribution in [3.63, 3.8) is 0 Å². The fraction of sp³-hybridized carbons (Fsp3) is 0.947. The number of carbonyl (C=O) groups is 7. The molecule has 0 aromatic carbocycles. The molecular formula is C131H222O14. The zero-order valence-corrected chi connectivity index (χ0v) is 99.5. The molecule has 0 aromatic heterocycles. The van der Waals surface area contributed by atoms with Gasteiger partial charge in [0.05, 0.1) is 37.9 Å². The topological polar surface area (TPSA) is 184 Å². The molecule has 0 aromatic rings. The third-order valence-corrected chi connectivity index (χ3v) is 48.0. The molecule has 0 saturated heterocycles. The highest BCUT2D eigenvalue weighted by atomic mass is 16.6. The van der Waals surface area contributed by atoms with Gasteiger partial charge in [0.15, 0.2) is 0 Å².